The Hall–Kier alpha value is -1.71. The fraction of sp³-hybridized carbons (Fsp3) is 0.500. The lowest BCUT2D eigenvalue weighted by Crippen LogP contribution is -2.03. The molecule has 1 saturated carbocycles. The number of nitrogens with zero attached hydrogens (tertiary/aromatic N) is 2. The zero-order chi connectivity index (χ0) is 12.5. The zero-order valence-corrected chi connectivity index (χ0v) is 10.7. The molecule has 4 nitrogen and oxygen atoms in total. The van der Waals surface area contributed by atoms with E-state index in [-0.39, 0.29) is 0 Å². The minimum atomic E-state index is 0.595. The number of nitrogens with two attached hydrogens (primary N) is 1. The second-order valence-electron chi connectivity index (χ2n) is 4.91. The van der Waals surface area contributed by atoms with E-state index in [1.807, 2.05) is 19.1 Å². The maximum atomic E-state index is 6.02. The second-order valence-corrected chi connectivity index (χ2v) is 4.91. The molecule has 0 bridgehead atoms. The van der Waals surface area contributed by atoms with Crippen LogP contribution >= 0.6 is 0 Å². The molecule has 1 fully saturated rings. The first-order valence-electron chi connectivity index (χ1n) is 6.67. The Morgan fingerprint density at radius 1 is 1.44 bits per heavy atom. The van der Waals surface area contributed by atoms with Crippen LogP contribution in [0, 0.1) is 5.92 Å². The van der Waals surface area contributed by atoms with E-state index in [4.69, 9.17) is 10.5 Å². The molecule has 0 radical (unpaired) electrons. The van der Waals surface area contributed by atoms with Gasteiger partial charge in [-0.3, -0.25) is 0 Å². The maximum Gasteiger partial charge on any atom is 0.201 e. The van der Waals surface area contributed by atoms with Gasteiger partial charge in [-0.1, -0.05) is 18.9 Å². The van der Waals surface area contributed by atoms with E-state index in [0.29, 0.717) is 12.6 Å². The average Bonchev–Trinajstić information content (AvgIpc) is 3.12. The number of hydrogen-bond acceptors (Lipinski definition) is 3. The van der Waals surface area contributed by atoms with Gasteiger partial charge >= 0.3 is 0 Å². The third-order valence-corrected chi connectivity index (χ3v) is 3.53. The van der Waals surface area contributed by atoms with E-state index in [2.05, 4.69) is 15.6 Å². The van der Waals surface area contributed by atoms with Crippen LogP contribution in [-0.2, 0) is 6.54 Å². The molecule has 0 aliphatic heterocycles. The number of aryl methyl sites for hydroxylation is 1. The molecule has 18 heavy (non-hydrogen) atoms. The average molecular weight is 245 g/mol. The molecule has 0 unspecified atom stereocenters. The van der Waals surface area contributed by atoms with Gasteiger partial charge in [-0.25, -0.2) is 4.98 Å². The van der Waals surface area contributed by atoms with Gasteiger partial charge in [-0.2, -0.15) is 0 Å². The van der Waals surface area contributed by atoms with Crippen LogP contribution in [0.1, 0.15) is 26.2 Å². The van der Waals surface area contributed by atoms with E-state index in [0.717, 1.165) is 29.2 Å². The van der Waals surface area contributed by atoms with Crippen LogP contribution in [-0.4, -0.2) is 16.2 Å². The number of fused-ring (bicyclic) bond motifs is 1. The number of rotatable bonds is 5. The third-order valence-electron chi connectivity index (χ3n) is 3.53. The molecule has 1 aliphatic carbocycles. The van der Waals surface area contributed by atoms with Crippen molar-refractivity contribution >= 4 is 17.0 Å². The summed E-state index contributed by atoms with van der Waals surface area (Å²) in [5.41, 5.74) is 7.99. The van der Waals surface area contributed by atoms with Crippen LogP contribution in [0.2, 0.25) is 0 Å². The summed E-state index contributed by atoms with van der Waals surface area (Å²) in [7, 11) is 0. The van der Waals surface area contributed by atoms with Crippen molar-refractivity contribution in [1.29, 1.82) is 0 Å². The Morgan fingerprint density at radius 3 is 3.00 bits per heavy atom. The van der Waals surface area contributed by atoms with Crippen LogP contribution in [0.4, 0.5) is 5.95 Å². The maximum absolute atomic E-state index is 6.02. The van der Waals surface area contributed by atoms with Crippen LogP contribution in [0.5, 0.6) is 5.75 Å². The molecule has 4 heteroatoms. The summed E-state index contributed by atoms with van der Waals surface area (Å²) >= 11 is 0. The van der Waals surface area contributed by atoms with E-state index in [1.165, 1.54) is 19.3 Å². The zero-order valence-electron chi connectivity index (χ0n) is 10.7. The summed E-state index contributed by atoms with van der Waals surface area (Å²) in [6.45, 7) is 3.59. The molecule has 1 aromatic carbocycles. The Balaban J connectivity index is 1.96. The van der Waals surface area contributed by atoms with Gasteiger partial charge in [0, 0.05) is 6.54 Å². The number of ether oxygens (including phenoxy) is 1. The van der Waals surface area contributed by atoms with E-state index in [9.17, 15) is 0 Å². The predicted octanol–water partition coefficient (Wildman–Crippen LogP) is 2.82. The highest BCUT2D eigenvalue weighted by Gasteiger charge is 2.22. The number of aromatic nitrogens is 2. The van der Waals surface area contributed by atoms with E-state index in [1.54, 1.807) is 0 Å². The summed E-state index contributed by atoms with van der Waals surface area (Å²) in [6, 6.07) is 6.01. The van der Waals surface area contributed by atoms with Crippen molar-refractivity contribution < 1.29 is 4.74 Å². The van der Waals surface area contributed by atoms with Crippen molar-refractivity contribution in [2.24, 2.45) is 5.92 Å². The third kappa shape index (κ3) is 2.03. The van der Waals surface area contributed by atoms with Gasteiger partial charge in [0.05, 0.1) is 12.1 Å². The molecule has 1 heterocycles. The molecule has 3 rings (SSSR count). The molecule has 1 aromatic heterocycles. The Kier molecular flexibility index (Phi) is 2.86. The van der Waals surface area contributed by atoms with Gasteiger partial charge in [0.25, 0.3) is 0 Å². The van der Waals surface area contributed by atoms with Gasteiger partial charge in [0.2, 0.25) is 5.95 Å². The van der Waals surface area contributed by atoms with Crippen molar-refractivity contribution in [3.8, 4) is 5.75 Å². The molecule has 96 valence electrons. The molecule has 0 saturated heterocycles. The smallest absolute Gasteiger partial charge is 0.201 e. The Labute approximate surface area is 107 Å². The van der Waals surface area contributed by atoms with Crippen molar-refractivity contribution in [2.45, 2.75) is 32.7 Å². The van der Waals surface area contributed by atoms with Crippen molar-refractivity contribution in [2.75, 3.05) is 12.3 Å². The van der Waals surface area contributed by atoms with Gasteiger partial charge in [-0.15, -0.1) is 0 Å². The quantitative estimate of drug-likeness (QED) is 0.881. The summed E-state index contributed by atoms with van der Waals surface area (Å²) in [5, 5.41) is 0. The van der Waals surface area contributed by atoms with E-state index >= 15 is 0 Å². The van der Waals surface area contributed by atoms with Crippen LogP contribution < -0.4 is 10.5 Å². The van der Waals surface area contributed by atoms with Crippen molar-refractivity contribution in [1.82, 2.24) is 9.55 Å². The largest absolute Gasteiger partial charge is 0.492 e. The van der Waals surface area contributed by atoms with Gasteiger partial charge in [-0.05, 0) is 31.4 Å². The summed E-state index contributed by atoms with van der Waals surface area (Å²) < 4.78 is 7.70. The van der Waals surface area contributed by atoms with Crippen LogP contribution in [0.3, 0.4) is 0 Å². The van der Waals surface area contributed by atoms with Crippen LogP contribution in [0.25, 0.3) is 11.0 Å². The van der Waals surface area contributed by atoms with Crippen molar-refractivity contribution in [3.05, 3.63) is 18.2 Å². The van der Waals surface area contributed by atoms with Gasteiger partial charge in [0.15, 0.2) is 0 Å². The van der Waals surface area contributed by atoms with Crippen LogP contribution in [0.15, 0.2) is 18.2 Å². The van der Waals surface area contributed by atoms with Crippen molar-refractivity contribution in [3.63, 3.8) is 0 Å². The molecule has 2 N–H and O–H groups in total. The molecule has 2 aromatic rings. The first kappa shape index (κ1) is 11.4. The number of nitrogen functional groups attached to an aromatic ring is 1. The number of anilines is 1. The number of hydrogen-bond donors (Lipinski definition) is 1. The lowest BCUT2D eigenvalue weighted by atomic mass is 10.2. The molecule has 1 aliphatic rings. The normalized spacial score (nSPS) is 15.2. The summed E-state index contributed by atoms with van der Waals surface area (Å²) in [4.78, 5) is 4.45. The van der Waals surface area contributed by atoms with E-state index < -0.39 is 0 Å². The lowest BCUT2D eigenvalue weighted by Gasteiger charge is -2.06. The Bertz CT molecular complexity index is 557. The number of benzene rings is 1. The van der Waals surface area contributed by atoms with Gasteiger partial charge < -0.3 is 15.0 Å². The fourth-order valence-corrected chi connectivity index (χ4v) is 2.36. The molecule has 0 atom stereocenters. The molecule has 0 spiro atoms. The SMILES string of the molecule is CCOc1cccc2c1nc(N)n2CCC1CC1. The molecular formula is C14H19N3O. The topological polar surface area (TPSA) is 53.1 Å². The number of imidazole rings is 1. The number of para-hydroxylation sites is 1. The predicted molar refractivity (Wildman–Crippen MR) is 72.7 cm³/mol. The monoisotopic (exact) mass is 245 g/mol. The second kappa shape index (κ2) is 4.52. The van der Waals surface area contributed by atoms with Gasteiger partial charge in [0.1, 0.15) is 11.3 Å². The minimum absolute atomic E-state index is 0.595. The molecule has 0 amide bonds. The minimum Gasteiger partial charge on any atom is -0.492 e. The highest BCUT2D eigenvalue weighted by Crippen LogP contribution is 2.34. The highest BCUT2D eigenvalue weighted by atomic mass is 16.5. The summed E-state index contributed by atoms with van der Waals surface area (Å²) in [5.74, 6) is 2.32. The summed E-state index contributed by atoms with van der Waals surface area (Å²) in [6.07, 6.45) is 3.95. The Morgan fingerprint density at radius 2 is 2.28 bits per heavy atom. The fourth-order valence-electron chi connectivity index (χ4n) is 2.36. The lowest BCUT2D eigenvalue weighted by molar-refractivity contribution is 0.343. The first-order chi connectivity index (χ1) is 8.79. The first-order valence-corrected chi connectivity index (χ1v) is 6.67. The molecular weight excluding hydrogens is 226 g/mol. The highest BCUT2D eigenvalue weighted by molar-refractivity contribution is 5.84. The standard InChI is InChI=1S/C14H19N3O/c1-2-18-12-5-3-4-11-13(12)16-14(15)17(11)9-8-10-6-7-10/h3-5,10H,2,6-9H2,1H3,(H2,15,16).